The molecule has 3 aromatic carbocycles. The third-order valence-corrected chi connectivity index (χ3v) is 5.85. The van der Waals surface area contributed by atoms with Gasteiger partial charge in [0.25, 0.3) is 0 Å². The van der Waals surface area contributed by atoms with Crippen LogP contribution in [-0.2, 0) is 0 Å². The van der Waals surface area contributed by atoms with E-state index in [0.717, 1.165) is 26.9 Å². The SMILES string of the molecule is CCOc1cccc([C@@H]2CC(c3ccc(C)cc3)=N[C@H](c3ccc(Br)cc3)N2)c1O. The molecule has 0 aromatic heterocycles. The molecule has 0 saturated heterocycles. The molecule has 0 fully saturated rings. The summed E-state index contributed by atoms with van der Waals surface area (Å²) in [6, 6.07) is 22.2. The summed E-state index contributed by atoms with van der Waals surface area (Å²) in [6.45, 7) is 4.50. The number of ether oxygens (including phenoxy) is 1. The van der Waals surface area contributed by atoms with Crippen molar-refractivity contribution in [3.8, 4) is 11.5 Å². The monoisotopic (exact) mass is 464 g/mol. The van der Waals surface area contributed by atoms with Crippen molar-refractivity contribution in [3.63, 3.8) is 0 Å². The minimum atomic E-state index is -0.205. The highest BCUT2D eigenvalue weighted by atomic mass is 79.9. The fourth-order valence-corrected chi connectivity index (χ4v) is 4.00. The van der Waals surface area contributed by atoms with E-state index < -0.39 is 0 Å². The molecule has 0 radical (unpaired) electrons. The molecule has 4 rings (SSSR count). The number of aryl methyl sites for hydroxylation is 1. The number of phenols is 1. The smallest absolute Gasteiger partial charge is 0.162 e. The number of rotatable bonds is 5. The van der Waals surface area contributed by atoms with E-state index in [1.54, 1.807) is 6.07 Å². The van der Waals surface area contributed by atoms with Crippen LogP contribution in [0.2, 0.25) is 0 Å². The third kappa shape index (κ3) is 4.42. The molecule has 4 nitrogen and oxygen atoms in total. The van der Waals surface area contributed by atoms with Gasteiger partial charge < -0.3 is 9.84 Å². The molecular weight excluding hydrogens is 440 g/mol. The lowest BCUT2D eigenvalue weighted by atomic mass is 9.93. The van der Waals surface area contributed by atoms with E-state index in [1.165, 1.54) is 5.56 Å². The summed E-state index contributed by atoms with van der Waals surface area (Å²) in [6.07, 6.45) is 0.475. The van der Waals surface area contributed by atoms with Crippen molar-refractivity contribution in [1.29, 1.82) is 0 Å². The Morgan fingerprint density at radius 1 is 1.07 bits per heavy atom. The van der Waals surface area contributed by atoms with Gasteiger partial charge in [-0.2, -0.15) is 0 Å². The van der Waals surface area contributed by atoms with Gasteiger partial charge in [0, 0.05) is 28.2 Å². The predicted octanol–water partition coefficient (Wildman–Crippen LogP) is 6.08. The number of nitrogens with one attached hydrogen (secondary N) is 1. The molecule has 5 heteroatoms. The zero-order valence-electron chi connectivity index (χ0n) is 17.1. The lowest BCUT2D eigenvalue weighted by molar-refractivity contribution is 0.313. The summed E-state index contributed by atoms with van der Waals surface area (Å²) >= 11 is 3.50. The number of hydrogen-bond acceptors (Lipinski definition) is 4. The fraction of sp³-hybridized carbons (Fsp3) is 0.240. The van der Waals surface area contributed by atoms with E-state index in [2.05, 4.69) is 64.6 Å². The quantitative estimate of drug-likeness (QED) is 0.480. The molecule has 0 amide bonds. The zero-order valence-corrected chi connectivity index (χ0v) is 18.7. The average Bonchev–Trinajstić information content (AvgIpc) is 2.76. The topological polar surface area (TPSA) is 53.8 Å². The van der Waals surface area contributed by atoms with Crippen LogP contribution < -0.4 is 10.1 Å². The summed E-state index contributed by atoms with van der Waals surface area (Å²) in [5.41, 5.74) is 5.24. The molecule has 0 spiro atoms. The number of aliphatic imine (C=N–C) groups is 1. The Bertz CT molecular complexity index is 1050. The number of halogens is 1. The van der Waals surface area contributed by atoms with Crippen molar-refractivity contribution in [1.82, 2.24) is 5.32 Å². The Balaban J connectivity index is 1.74. The average molecular weight is 465 g/mol. The van der Waals surface area contributed by atoms with Gasteiger partial charge in [-0.3, -0.25) is 10.3 Å². The van der Waals surface area contributed by atoms with Gasteiger partial charge in [0.2, 0.25) is 0 Å². The van der Waals surface area contributed by atoms with E-state index in [1.807, 2.05) is 31.2 Å². The van der Waals surface area contributed by atoms with Gasteiger partial charge in [0.05, 0.1) is 6.61 Å². The normalized spacial score (nSPS) is 18.7. The van der Waals surface area contributed by atoms with Crippen molar-refractivity contribution >= 4 is 21.6 Å². The maximum absolute atomic E-state index is 10.8. The van der Waals surface area contributed by atoms with Crippen LogP contribution in [0.15, 0.2) is 76.2 Å². The van der Waals surface area contributed by atoms with E-state index in [-0.39, 0.29) is 18.0 Å². The van der Waals surface area contributed by atoms with Crippen LogP contribution in [0.25, 0.3) is 0 Å². The standard InChI is InChI=1S/C25H25BrN2O2/c1-3-30-23-6-4-5-20(24(23)29)22-15-21(17-9-7-16(2)8-10-17)27-25(28-22)18-11-13-19(26)14-12-18/h4-14,22,25,28-29H,3,15H2,1-2H3/t22-,25-/m0/s1. The van der Waals surface area contributed by atoms with Crippen molar-refractivity contribution < 1.29 is 9.84 Å². The molecule has 30 heavy (non-hydrogen) atoms. The first-order valence-corrected chi connectivity index (χ1v) is 10.9. The summed E-state index contributed by atoms with van der Waals surface area (Å²) < 4.78 is 6.64. The van der Waals surface area contributed by atoms with Crippen molar-refractivity contribution in [2.75, 3.05) is 6.61 Å². The van der Waals surface area contributed by atoms with E-state index >= 15 is 0 Å². The Labute approximate surface area is 185 Å². The molecule has 2 N–H and O–H groups in total. The number of phenolic OH excluding ortho intramolecular Hbond substituents is 1. The summed E-state index contributed by atoms with van der Waals surface area (Å²) in [4.78, 5) is 5.02. The van der Waals surface area contributed by atoms with Gasteiger partial charge in [-0.15, -0.1) is 0 Å². The highest BCUT2D eigenvalue weighted by molar-refractivity contribution is 9.10. The van der Waals surface area contributed by atoms with Gasteiger partial charge in [0.1, 0.15) is 6.17 Å². The van der Waals surface area contributed by atoms with Crippen LogP contribution >= 0.6 is 15.9 Å². The minimum absolute atomic E-state index is 0.0899. The number of hydrogen-bond donors (Lipinski definition) is 2. The van der Waals surface area contributed by atoms with Crippen molar-refractivity contribution in [3.05, 3.63) is 93.5 Å². The molecule has 3 aromatic rings. The van der Waals surface area contributed by atoms with Crippen LogP contribution in [0.1, 0.15) is 47.8 Å². The molecule has 0 unspecified atom stereocenters. The Kier molecular flexibility index (Phi) is 6.21. The zero-order chi connectivity index (χ0) is 21.1. The van der Waals surface area contributed by atoms with Gasteiger partial charge in [0.15, 0.2) is 11.5 Å². The first-order chi connectivity index (χ1) is 14.5. The molecule has 154 valence electrons. The van der Waals surface area contributed by atoms with E-state index in [9.17, 15) is 5.11 Å². The van der Waals surface area contributed by atoms with E-state index in [0.29, 0.717) is 18.8 Å². The van der Waals surface area contributed by atoms with Crippen LogP contribution in [0.4, 0.5) is 0 Å². The Morgan fingerprint density at radius 2 is 1.80 bits per heavy atom. The second-order valence-corrected chi connectivity index (χ2v) is 8.36. The highest BCUT2D eigenvalue weighted by Crippen LogP contribution is 2.39. The minimum Gasteiger partial charge on any atom is -0.504 e. The summed E-state index contributed by atoms with van der Waals surface area (Å²) in [7, 11) is 0. The van der Waals surface area contributed by atoms with Crippen LogP contribution in [0, 0.1) is 6.92 Å². The number of aromatic hydroxyl groups is 1. The lowest BCUT2D eigenvalue weighted by Gasteiger charge is -2.31. The summed E-state index contributed by atoms with van der Waals surface area (Å²) in [5.74, 6) is 0.702. The predicted molar refractivity (Wildman–Crippen MR) is 124 cm³/mol. The first-order valence-electron chi connectivity index (χ1n) is 10.1. The van der Waals surface area contributed by atoms with Crippen LogP contribution in [0.5, 0.6) is 11.5 Å². The Morgan fingerprint density at radius 3 is 2.50 bits per heavy atom. The molecule has 1 aliphatic rings. The fourth-order valence-electron chi connectivity index (χ4n) is 3.74. The summed E-state index contributed by atoms with van der Waals surface area (Å²) in [5, 5.41) is 14.5. The Hall–Kier alpha value is -2.63. The number of nitrogens with zero attached hydrogens (tertiary/aromatic N) is 1. The molecule has 1 aliphatic heterocycles. The highest BCUT2D eigenvalue weighted by Gasteiger charge is 2.28. The number of benzene rings is 3. The van der Waals surface area contributed by atoms with E-state index in [4.69, 9.17) is 9.73 Å². The second kappa shape index (κ2) is 9.02. The largest absolute Gasteiger partial charge is 0.504 e. The molecule has 1 heterocycles. The van der Waals surface area contributed by atoms with Crippen LogP contribution in [0.3, 0.4) is 0 Å². The second-order valence-electron chi connectivity index (χ2n) is 7.45. The van der Waals surface area contributed by atoms with Crippen molar-refractivity contribution in [2.45, 2.75) is 32.5 Å². The van der Waals surface area contributed by atoms with Crippen LogP contribution in [-0.4, -0.2) is 17.4 Å². The number of para-hydroxylation sites is 1. The van der Waals surface area contributed by atoms with Gasteiger partial charge >= 0.3 is 0 Å². The van der Waals surface area contributed by atoms with Gasteiger partial charge in [-0.1, -0.05) is 70.0 Å². The lowest BCUT2D eigenvalue weighted by Crippen LogP contribution is -2.33. The van der Waals surface area contributed by atoms with Crippen molar-refractivity contribution in [2.24, 2.45) is 4.99 Å². The molecule has 0 saturated carbocycles. The third-order valence-electron chi connectivity index (χ3n) is 5.32. The maximum Gasteiger partial charge on any atom is 0.162 e. The first kappa shape index (κ1) is 20.6. The molecular formula is C25H25BrN2O2. The van der Waals surface area contributed by atoms with Gasteiger partial charge in [-0.25, -0.2) is 0 Å². The molecule has 0 aliphatic carbocycles. The molecule has 0 bridgehead atoms. The van der Waals surface area contributed by atoms with Gasteiger partial charge in [-0.05, 0) is 43.2 Å². The maximum atomic E-state index is 10.8. The molecule has 2 atom stereocenters.